The van der Waals surface area contributed by atoms with Gasteiger partial charge in [0, 0.05) is 32.3 Å². The van der Waals surface area contributed by atoms with Gasteiger partial charge in [0.2, 0.25) is 12.3 Å². The Morgan fingerprint density at radius 2 is 1.67 bits per heavy atom. The lowest BCUT2D eigenvalue weighted by molar-refractivity contribution is -0.144. The number of hydrogen-bond acceptors (Lipinski definition) is 6. The molecule has 1 rings (SSSR count). The summed E-state index contributed by atoms with van der Waals surface area (Å²) in [5.74, 6) is -0.783. The van der Waals surface area contributed by atoms with Gasteiger partial charge in [-0.3, -0.25) is 9.59 Å². The molecule has 0 aliphatic carbocycles. The van der Waals surface area contributed by atoms with Crippen molar-refractivity contribution in [1.29, 1.82) is 0 Å². The predicted octanol–water partition coefficient (Wildman–Crippen LogP) is 7.59. The highest BCUT2D eigenvalue weighted by Crippen LogP contribution is 2.21. The zero-order valence-corrected chi connectivity index (χ0v) is 31.3. The molecule has 0 unspecified atom stereocenters. The molecule has 1 aliphatic heterocycles. The largest absolute Gasteiger partial charge is 0.454 e. The molecule has 2 amide bonds. The molecule has 0 fully saturated rings. The van der Waals surface area contributed by atoms with Crippen LogP contribution < -0.4 is 10.6 Å². The minimum absolute atomic E-state index is 0.00615. The van der Waals surface area contributed by atoms with Gasteiger partial charge in [0.25, 0.3) is 0 Å². The fraction of sp³-hybridized carbons (Fsp3) is 0.488. The summed E-state index contributed by atoms with van der Waals surface area (Å²) in [6.07, 6.45) is 28.9. The van der Waals surface area contributed by atoms with Crippen molar-refractivity contribution in [2.75, 3.05) is 20.8 Å². The molecule has 0 saturated carbocycles. The van der Waals surface area contributed by atoms with Crippen LogP contribution in [-0.4, -0.2) is 63.4 Å². The number of amides is 2. The van der Waals surface area contributed by atoms with E-state index in [0.717, 1.165) is 36.0 Å². The molecule has 0 radical (unpaired) electrons. The highest BCUT2D eigenvalue weighted by molar-refractivity contribution is 5.88. The number of carbonyl (C=O) groups is 3. The van der Waals surface area contributed by atoms with Crippen molar-refractivity contribution in [2.24, 2.45) is 11.8 Å². The van der Waals surface area contributed by atoms with Crippen LogP contribution in [0, 0.1) is 11.8 Å². The van der Waals surface area contributed by atoms with Crippen molar-refractivity contribution in [2.45, 2.75) is 99.0 Å². The second-order valence-corrected chi connectivity index (χ2v) is 12.8. The average molecular weight is 677 g/mol. The van der Waals surface area contributed by atoms with Crippen LogP contribution in [0.2, 0.25) is 0 Å². The number of nitrogens with one attached hydrogen (secondary N) is 2. The fourth-order valence-electron chi connectivity index (χ4n) is 4.96. The quantitative estimate of drug-likeness (QED) is 0.148. The van der Waals surface area contributed by atoms with Crippen LogP contribution in [0.25, 0.3) is 0 Å². The standard InChI is InChI=1S/C41H60N2O6/c1-29-15-13-19-37(47-9)18-12-11-17-33(5)39(34(6)24-23-32(4)27-42-40(45)36(8)43-28-44)49-41(46)35(7)25-30(2)21-22-31(3)26-38(48-10)20-14-16-29/h11-12,14-18,21-26,28,30,33,36-39H,13,19-20,27H2,1-10H3,(H,42,45)(H,43,44)/b16-14+,17-11+,18-12+,22-21+,29-15-,31-26+,32-23+,34-24+,35-25+/t30-,33+,36+,37-,38+,39+/m1/s1. The van der Waals surface area contributed by atoms with Crippen LogP contribution in [0.1, 0.15) is 74.7 Å². The molecule has 2 N–H and O–H groups in total. The SMILES string of the molecule is CO[C@@H]1/C=C(C)/C=C/[C@@H](C)/C=C(\C)C(=O)O[C@H](/C(C)=C/C=C(\C)CNC(=O)[C@H](C)NC=O)[C@@H](C)/C=C/C=C/[C@@H](OC)CC/C=C(C)\C=C\C1. The first-order valence-corrected chi connectivity index (χ1v) is 17.1. The van der Waals surface area contributed by atoms with E-state index in [1.54, 1.807) is 28.1 Å². The molecule has 8 heteroatoms. The van der Waals surface area contributed by atoms with Gasteiger partial charge in [-0.2, -0.15) is 0 Å². The van der Waals surface area contributed by atoms with E-state index >= 15 is 0 Å². The highest BCUT2D eigenvalue weighted by Gasteiger charge is 2.22. The maximum absolute atomic E-state index is 13.4. The molecule has 0 aromatic carbocycles. The highest BCUT2D eigenvalue weighted by atomic mass is 16.5. The number of rotatable bonds is 9. The summed E-state index contributed by atoms with van der Waals surface area (Å²) in [5.41, 5.74) is 4.57. The minimum Gasteiger partial charge on any atom is -0.454 e. The topological polar surface area (TPSA) is 103 Å². The van der Waals surface area contributed by atoms with Crippen LogP contribution in [-0.2, 0) is 28.6 Å². The molecule has 0 saturated heterocycles. The number of hydrogen-bond donors (Lipinski definition) is 2. The Kier molecular flexibility index (Phi) is 21.2. The fourth-order valence-corrected chi connectivity index (χ4v) is 4.96. The van der Waals surface area contributed by atoms with Gasteiger partial charge in [0.05, 0.1) is 12.2 Å². The Hall–Kier alpha value is -4.01. The van der Waals surface area contributed by atoms with E-state index < -0.39 is 12.1 Å². The van der Waals surface area contributed by atoms with Crippen molar-refractivity contribution in [3.63, 3.8) is 0 Å². The van der Waals surface area contributed by atoms with E-state index in [1.807, 2.05) is 77.2 Å². The second-order valence-electron chi connectivity index (χ2n) is 12.8. The molecule has 270 valence electrons. The molecule has 1 aliphatic rings. The lowest BCUT2D eigenvalue weighted by Gasteiger charge is -2.23. The first-order valence-electron chi connectivity index (χ1n) is 17.1. The monoisotopic (exact) mass is 676 g/mol. The molecule has 0 aromatic heterocycles. The lowest BCUT2D eigenvalue weighted by Crippen LogP contribution is -2.42. The molecule has 0 aromatic rings. The number of methoxy groups -OCH3 is 2. The van der Waals surface area contributed by atoms with Gasteiger partial charge in [-0.25, -0.2) is 4.79 Å². The summed E-state index contributed by atoms with van der Waals surface area (Å²) in [4.78, 5) is 36.2. The molecule has 0 bridgehead atoms. The molecular weight excluding hydrogens is 616 g/mol. The summed E-state index contributed by atoms with van der Waals surface area (Å²) in [6, 6.07) is -0.622. The minimum atomic E-state index is -0.622. The van der Waals surface area contributed by atoms with Gasteiger partial charge in [-0.1, -0.05) is 110 Å². The van der Waals surface area contributed by atoms with Gasteiger partial charge < -0.3 is 24.8 Å². The maximum Gasteiger partial charge on any atom is 0.334 e. The molecule has 8 nitrogen and oxygen atoms in total. The average Bonchev–Trinajstić information content (AvgIpc) is 3.07. The first-order chi connectivity index (χ1) is 23.3. The van der Waals surface area contributed by atoms with E-state index in [4.69, 9.17) is 14.2 Å². The van der Waals surface area contributed by atoms with E-state index in [2.05, 4.69) is 54.0 Å². The Morgan fingerprint density at radius 3 is 2.35 bits per heavy atom. The number of carbonyl (C=O) groups excluding carboxylic acids is 3. The van der Waals surface area contributed by atoms with E-state index in [0.29, 0.717) is 18.5 Å². The summed E-state index contributed by atoms with van der Waals surface area (Å²) in [7, 11) is 3.43. The molecule has 49 heavy (non-hydrogen) atoms. The number of allylic oxidation sites excluding steroid dienone is 11. The van der Waals surface area contributed by atoms with Gasteiger partial charge >= 0.3 is 5.97 Å². The zero-order valence-electron chi connectivity index (χ0n) is 31.3. The third-order valence-corrected chi connectivity index (χ3v) is 8.11. The predicted molar refractivity (Wildman–Crippen MR) is 201 cm³/mol. The smallest absolute Gasteiger partial charge is 0.334 e. The van der Waals surface area contributed by atoms with Crippen LogP contribution in [0.5, 0.6) is 0 Å². The summed E-state index contributed by atoms with van der Waals surface area (Å²) >= 11 is 0. The van der Waals surface area contributed by atoms with Crippen molar-refractivity contribution >= 4 is 18.3 Å². The summed E-state index contributed by atoms with van der Waals surface area (Å²) in [5, 5.41) is 5.25. The van der Waals surface area contributed by atoms with Crippen molar-refractivity contribution in [3.8, 4) is 0 Å². The molecular formula is C41H60N2O6. The number of ether oxygens (including phenoxy) is 3. The summed E-state index contributed by atoms with van der Waals surface area (Å²) in [6.45, 7) is 15.8. The second kappa shape index (κ2) is 24.2. The summed E-state index contributed by atoms with van der Waals surface area (Å²) < 4.78 is 17.5. The first kappa shape index (κ1) is 43.0. The normalized spacial score (nSPS) is 30.7. The molecule has 1 heterocycles. The Labute approximate surface area is 295 Å². The third-order valence-electron chi connectivity index (χ3n) is 8.11. The molecule has 0 spiro atoms. The van der Waals surface area contributed by atoms with Crippen LogP contribution in [0.4, 0.5) is 0 Å². The van der Waals surface area contributed by atoms with Gasteiger partial charge in [0.1, 0.15) is 12.1 Å². The van der Waals surface area contributed by atoms with E-state index in [1.165, 1.54) is 5.57 Å². The van der Waals surface area contributed by atoms with Gasteiger partial charge in [0.15, 0.2) is 0 Å². The van der Waals surface area contributed by atoms with Crippen molar-refractivity contribution in [3.05, 3.63) is 107 Å². The number of esters is 1. The van der Waals surface area contributed by atoms with Crippen molar-refractivity contribution in [1.82, 2.24) is 10.6 Å². The Bertz CT molecular complexity index is 1340. The van der Waals surface area contributed by atoms with E-state index in [-0.39, 0.29) is 35.9 Å². The van der Waals surface area contributed by atoms with Crippen LogP contribution >= 0.6 is 0 Å². The number of cyclic esters (lactones) is 1. The van der Waals surface area contributed by atoms with Gasteiger partial charge in [-0.15, -0.1) is 0 Å². The van der Waals surface area contributed by atoms with Gasteiger partial charge in [-0.05, 0) is 72.3 Å². The molecule has 6 atom stereocenters. The van der Waals surface area contributed by atoms with Crippen LogP contribution in [0.3, 0.4) is 0 Å². The zero-order chi connectivity index (χ0) is 36.8. The Balaban J connectivity index is 3.39. The van der Waals surface area contributed by atoms with E-state index in [9.17, 15) is 14.4 Å². The van der Waals surface area contributed by atoms with Crippen molar-refractivity contribution < 1.29 is 28.6 Å². The maximum atomic E-state index is 13.4. The van der Waals surface area contributed by atoms with Crippen LogP contribution in [0.15, 0.2) is 107 Å². The Morgan fingerprint density at radius 1 is 0.980 bits per heavy atom. The lowest BCUT2D eigenvalue weighted by atomic mass is 9.96. The third kappa shape index (κ3) is 18.4.